The third-order valence-corrected chi connectivity index (χ3v) is 7.27. The summed E-state index contributed by atoms with van der Waals surface area (Å²) in [7, 11) is -1.95. The fraction of sp³-hybridized carbons (Fsp3) is 0.364. The highest BCUT2D eigenvalue weighted by molar-refractivity contribution is 9.10. The lowest BCUT2D eigenvalue weighted by Crippen LogP contribution is -2.29. The van der Waals surface area contributed by atoms with Crippen LogP contribution >= 0.6 is 23.5 Å². The summed E-state index contributed by atoms with van der Waals surface area (Å²) in [5.41, 5.74) is 1.71. The van der Waals surface area contributed by atoms with Crippen LogP contribution in [0.5, 0.6) is 0 Å². The molecule has 1 aromatic heterocycles. The Morgan fingerprint density at radius 1 is 1.17 bits per heavy atom. The first-order valence-electron chi connectivity index (χ1n) is 9.78. The van der Waals surface area contributed by atoms with E-state index in [9.17, 15) is 9.46 Å². The van der Waals surface area contributed by atoms with Crippen LogP contribution in [0, 0.1) is 5.92 Å². The van der Waals surface area contributed by atoms with Crippen molar-refractivity contribution < 1.29 is 14.0 Å². The van der Waals surface area contributed by atoms with E-state index in [1.165, 1.54) is 0 Å². The molecule has 3 aromatic rings. The van der Waals surface area contributed by atoms with Crippen LogP contribution in [0.25, 0.3) is 22.3 Å². The highest BCUT2D eigenvalue weighted by Gasteiger charge is 2.33. The van der Waals surface area contributed by atoms with Crippen LogP contribution in [0.3, 0.4) is 0 Å². The molecule has 8 heteroatoms. The van der Waals surface area contributed by atoms with E-state index in [0.717, 1.165) is 32.3 Å². The Morgan fingerprint density at radius 3 is 2.43 bits per heavy atom. The summed E-state index contributed by atoms with van der Waals surface area (Å²) in [6.45, 7) is 7.60. The quantitative estimate of drug-likeness (QED) is 0.380. The Hall–Kier alpha value is -1.79. The zero-order valence-corrected chi connectivity index (χ0v) is 20.3. The standard InChI is InChI=1S/C22H27BrN3O3P/c1-14(2)22(3,4)29-30(27,28)13-15-6-8-16(9-7-15)20-25-19-11-10-17(23)12-18(19)21(24-5)26-20/h6-12,14H,13H2,1-5H3,(H,27,28)(H,24,25,26). The van der Waals surface area contributed by atoms with Crippen molar-refractivity contribution >= 4 is 40.2 Å². The number of nitrogens with one attached hydrogen (secondary N) is 1. The summed E-state index contributed by atoms with van der Waals surface area (Å²) in [6, 6.07) is 13.2. The van der Waals surface area contributed by atoms with Gasteiger partial charge in [-0.25, -0.2) is 9.97 Å². The number of anilines is 1. The molecule has 0 fully saturated rings. The summed E-state index contributed by atoms with van der Waals surface area (Å²) in [6.07, 6.45) is -0.0438. The third-order valence-electron chi connectivity index (χ3n) is 5.26. The fourth-order valence-corrected chi connectivity index (χ4v) is 4.96. The summed E-state index contributed by atoms with van der Waals surface area (Å²) in [5, 5.41) is 4.05. The number of rotatable bonds is 7. The van der Waals surface area contributed by atoms with E-state index in [4.69, 9.17) is 4.52 Å². The molecule has 0 aliphatic carbocycles. The Morgan fingerprint density at radius 2 is 1.83 bits per heavy atom. The molecule has 6 nitrogen and oxygen atoms in total. The Bertz CT molecular complexity index is 1100. The minimum Gasteiger partial charge on any atom is -0.373 e. The second-order valence-electron chi connectivity index (χ2n) is 8.15. The number of benzene rings is 2. The molecule has 0 amide bonds. The average Bonchev–Trinajstić information content (AvgIpc) is 2.66. The van der Waals surface area contributed by atoms with E-state index in [1.54, 1.807) is 0 Å². The molecule has 0 spiro atoms. The molecule has 0 aliphatic rings. The van der Waals surface area contributed by atoms with E-state index in [0.29, 0.717) is 5.82 Å². The first-order valence-corrected chi connectivity index (χ1v) is 12.3. The summed E-state index contributed by atoms with van der Waals surface area (Å²) < 4.78 is 19.1. The Balaban J connectivity index is 1.85. The van der Waals surface area contributed by atoms with Crippen LogP contribution < -0.4 is 5.32 Å². The van der Waals surface area contributed by atoms with E-state index in [2.05, 4.69) is 31.2 Å². The molecule has 1 heterocycles. The zero-order chi connectivity index (χ0) is 22.1. The largest absolute Gasteiger partial charge is 0.373 e. The van der Waals surface area contributed by atoms with Crippen LogP contribution in [-0.2, 0) is 15.3 Å². The van der Waals surface area contributed by atoms with Crippen molar-refractivity contribution in [3.63, 3.8) is 0 Å². The predicted molar refractivity (Wildman–Crippen MR) is 126 cm³/mol. The second-order valence-corrected chi connectivity index (χ2v) is 10.8. The van der Waals surface area contributed by atoms with Crippen molar-refractivity contribution in [2.75, 3.05) is 12.4 Å². The molecule has 1 unspecified atom stereocenters. The van der Waals surface area contributed by atoms with Crippen molar-refractivity contribution in [2.24, 2.45) is 5.92 Å². The van der Waals surface area contributed by atoms with Gasteiger partial charge in [0.15, 0.2) is 5.82 Å². The first-order chi connectivity index (χ1) is 14.0. The molecule has 2 aromatic carbocycles. The SMILES string of the molecule is CNc1nc(-c2ccc(CP(=O)(O)OC(C)(C)C(C)C)cc2)nc2ccc(Br)cc12. The average molecular weight is 492 g/mol. The van der Waals surface area contributed by atoms with Gasteiger partial charge in [0.05, 0.1) is 17.3 Å². The maximum absolute atomic E-state index is 12.6. The second kappa shape index (κ2) is 8.75. The van der Waals surface area contributed by atoms with Crippen LogP contribution in [-0.4, -0.2) is 27.5 Å². The topological polar surface area (TPSA) is 84.3 Å². The van der Waals surface area contributed by atoms with Crippen LogP contribution in [0.4, 0.5) is 5.82 Å². The lowest BCUT2D eigenvalue weighted by atomic mass is 9.95. The smallest absolute Gasteiger partial charge is 0.332 e. The van der Waals surface area contributed by atoms with Crippen LogP contribution in [0.2, 0.25) is 0 Å². The summed E-state index contributed by atoms with van der Waals surface area (Å²) in [4.78, 5) is 19.6. The summed E-state index contributed by atoms with van der Waals surface area (Å²) in [5.74, 6) is 1.45. The molecule has 0 bridgehead atoms. The predicted octanol–water partition coefficient (Wildman–Crippen LogP) is 6.24. The third kappa shape index (κ3) is 5.27. The van der Waals surface area contributed by atoms with Gasteiger partial charge in [-0.15, -0.1) is 0 Å². The Labute approximate surface area is 185 Å². The highest BCUT2D eigenvalue weighted by atomic mass is 79.9. The first kappa shape index (κ1) is 22.9. The fourth-order valence-electron chi connectivity index (χ4n) is 2.92. The monoisotopic (exact) mass is 491 g/mol. The minimum absolute atomic E-state index is 0.0438. The van der Waals surface area contributed by atoms with Crippen molar-refractivity contribution in [1.82, 2.24) is 9.97 Å². The van der Waals surface area contributed by atoms with Crippen molar-refractivity contribution in [3.8, 4) is 11.4 Å². The molecule has 0 aliphatic heterocycles. The van der Waals surface area contributed by atoms with Crippen molar-refractivity contribution in [2.45, 2.75) is 39.5 Å². The number of hydrogen-bond acceptors (Lipinski definition) is 5. The van der Waals surface area contributed by atoms with Crippen molar-refractivity contribution in [3.05, 3.63) is 52.5 Å². The number of halogens is 1. The molecule has 160 valence electrons. The van der Waals surface area contributed by atoms with Gasteiger partial charge in [-0.2, -0.15) is 0 Å². The van der Waals surface area contributed by atoms with Gasteiger partial charge in [-0.05, 0) is 43.5 Å². The van der Waals surface area contributed by atoms with Gasteiger partial charge in [0.2, 0.25) is 0 Å². The molecule has 30 heavy (non-hydrogen) atoms. The number of nitrogens with zero attached hydrogens (tertiary/aromatic N) is 2. The lowest BCUT2D eigenvalue weighted by Gasteiger charge is -2.31. The summed E-state index contributed by atoms with van der Waals surface area (Å²) >= 11 is 3.48. The van der Waals surface area contributed by atoms with Gasteiger partial charge in [-0.1, -0.05) is 54.0 Å². The van der Waals surface area contributed by atoms with Crippen molar-refractivity contribution in [1.29, 1.82) is 0 Å². The van der Waals surface area contributed by atoms with Gasteiger partial charge in [0, 0.05) is 22.5 Å². The highest BCUT2D eigenvalue weighted by Crippen LogP contribution is 2.50. The lowest BCUT2D eigenvalue weighted by molar-refractivity contribution is 0.0472. The van der Waals surface area contributed by atoms with E-state index in [-0.39, 0.29) is 12.1 Å². The van der Waals surface area contributed by atoms with E-state index in [1.807, 2.05) is 77.2 Å². The maximum atomic E-state index is 12.6. The van der Waals surface area contributed by atoms with Crippen LogP contribution in [0.15, 0.2) is 46.9 Å². The molecule has 0 saturated heterocycles. The zero-order valence-electron chi connectivity index (χ0n) is 17.8. The molecule has 1 atom stereocenters. The van der Waals surface area contributed by atoms with Gasteiger partial charge >= 0.3 is 7.60 Å². The van der Waals surface area contributed by atoms with Gasteiger partial charge in [0.1, 0.15) is 5.82 Å². The molecular weight excluding hydrogens is 465 g/mol. The minimum atomic E-state index is -3.77. The van der Waals surface area contributed by atoms with Crippen LogP contribution in [0.1, 0.15) is 33.3 Å². The van der Waals surface area contributed by atoms with Gasteiger partial charge in [-0.3, -0.25) is 4.57 Å². The van der Waals surface area contributed by atoms with E-state index < -0.39 is 13.2 Å². The van der Waals surface area contributed by atoms with Gasteiger partial charge in [0.25, 0.3) is 0 Å². The molecule has 0 saturated carbocycles. The number of hydrogen-bond donors (Lipinski definition) is 2. The number of fused-ring (bicyclic) bond motifs is 1. The maximum Gasteiger partial charge on any atom is 0.332 e. The molecular formula is C22H27BrN3O3P. The molecule has 2 N–H and O–H groups in total. The normalized spacial score (nSPS) is 14.1. The van der Waals surface area contributed by atoms with E-state index >= 15 is 0 Å². The molecule has 0 radical (unpaired) electrons. The molecule has 3 rings (SSSR count). The number of aromatic nitrogens is 2. The Kier molecular flexibility index (Phi) is 6.68. The van der Waals surface area contributed by atoms with Gasteiger partial charge < -0.3 is 14.7 Å².